The Morgan fingerprint density at radius 2 is 2.00 bits per heavy atom. The van der Waals surface area contributed by atoms with E-state index in [2.05, 4.69) is 10.2 Å². The zero-order valence-corrected chi connectivity index (χ0v) is 12.0. The average Bonchev–Trinajstić information content (AvgIpc) is 2.21. The molecule has 0 atom stereocenters. The predicted octanol–water partition coefficient (Wildman–Crippen LogP) is 2.97. The highest BCUT2D eigenvalue weighted by atomic mass is 127. The van der Waals surface area contributed by atoms with Crippen LogP contribution < -0.4 is 5.73 Å². The van der Waals surface area contributed by atoms with Crippen molar-refractivity contribution in [2.24, 2.45) is 15.9 Å². The van der Waals surface area contributed by atoms with Crippen LogP contribution in [0.3, 0.4) is 0 Å². The number of nitrogens with zero attached hydrogens (tertiary/aromatic N) is 2. The van der Waals surface area contributed by atoms with Crippen LogP contribution in [-0.2, 0) is 0 Å². The van der Waals surface area contributed by atoms with Crippen molar-refractivity contribution in [1.29, 1.82) is 0 Å². The van der Waals surface area contributed by atoms with E-state index in [1.807, 2.05) is 18.4 Å². The molecule has 0 saturated heterocycles. The van der Waals surface area contributed by atoms with Crippen LogP contribution in [0.2, 0.25) is 5.02 Å². The fraction of sp³-hybridized carbons (Fsp3) is 0.111. The molecule has 6 heteroatoms. The third-order valence-corrected chi connectivity index (χ3v) is 2.19. The highest BCUT2D eigenvalue weighted by Gasteiger charge is 1.88. The van der Waals surface area contributed by atoms with Crippen molar-refractivity contribution in [3.8, 4) is 0 Å². The SMILES string of the molecule is CS/C(N)=N\N=C/c1ccc(Cl)cc1.I. The second-order valence-electron chi connectivity index (χ2n) is 2.44. The van der Waals surface area contributed by atoms with Gasteiger partial charge in [0, 0.05) is 5.02 Å². The molecule has 1 rings (SSSR count). The number of thioether (sulfide) groups is 1. The van der Waals surface area contributed by atoms with Crippen molar-refractivity contribution in [3.63, 3.8) is 0 Å². The Morgan fingerprint density at radius 3 is 2.53 bits per heavy atom. The van der Waals surface area contributed by atoms with E-state index in [1.54, 1.807) is 18.3 Å². The summed E-state index contributed by atoms with van der Waals surface area (Å²) in [5.41, 5.74) is 6.38. The van der Waals surface area contributed by atoms with Gasteiger partial charge in [0.1, 0.15) is 0 Å². The van der Waals surface area contributed by atoms with Gasteiger partial charge in [-0.25, -0.2) is 0 Å². The first-order chi connectivity index (χ1) is 6.72. The van der Waals surface area contributed by atoms with Crippen LogP contribution in [0, 0.1) is 0 Å². The maximum absolute atomic E-state index is 5.72. The fourth-order valence-corrected chi connectivity index (χ4v) is 0.997. The van der Waals surface area contributed by atoms with Crippen molar-refractivity contribution < 1.29 is 0 Å². The lowest BCUT2D eigenvalue weighted by atomic mass is 10.2. The number of amidine groups is 1. The van der Waals surface area contributed by atoms with Crippen molar-refractivity contribution >= 4 is 58.7 Å². The Balaban J connectivity index is 0.00000196. The molecular formula is C9H11ClIN3S. The first-order valence-corrected chi connectivity index (χ1v) is 5.48. The van der Waals surface area contributed by atoms with Crippen LogP contribution in [0.25, 0.3) is 0 Å². The van der Waals surface area contributed by atoms with Crippen LogP contribution in [0.1, 0.15) is 5.56 Å². The van der Waals surface area contributed by atoms with Crippen molar-refractivity contribution in [1.82, 2.24) is 0 Å². The summed E-state index contributed by atoms with van der Waals surface area (Å²) in [7, 11) is 0. The Hall–Kier alpha value is -0.270. The summed E-state index contributed by atoms with van der Waals surface area (Å²) >= 11 is 7.08. The Bertz CT molecular complexity index is 351. The predicted molar refractivity (Wildman–Crippen MR) is 79.6 cm³/mol. The van der Waals surface area contributed by atoms with E-state index < -0.39 is 0 Å². The lowest BCUT2D eigenvalue weighted by molar-refractivity contribution is 1.25. The molecule has 3 nitrogen and oxygen atoms in total. The second kappa shape index (κ2) is 7.95. The van der Waals surface area contributed by atoms with E-state index in [1.165, 1.54) is 11.8 Å². The molecule has 0 unspecified atom stereocenters. The molecular weight excluding hydrogens is 345 g/mol. The van der Waals surface area contributed by atoms with Crippen LogP contribution >= 0.6 is 47.3 Å². The van der Waals surface area contributed by atoms with Gasteiger partial charge in [0.15, 0.2) is 5.17 Å². The third-order valence-electron chi connectivity index (χ3n) is 1.44. The number of halogens is 2. The standard InChI is InChI=1S/C9H10ClN3S.HI/c1-14-9(11)13-12-6-7-2-4-8(10)5-3-7;/h2-6H,1H3,(H2,11,13);1H/b12-6-;. The van der Waals surface area contributed by atoms with Crippen LogP contribution in [0.5, 0.6) is 0 Å². The summed E-state index contributed by atoms with van der Waals surface area (Å²) in [6, 6.07) is 7.31. The lowest BCUT2D eigenvalue weighted by Crippen LogP contribution is -2.03. The van der Waals surface area contributed by atoms with Gasteiger partial charge in [-0.15, -0.1) is 29.1 Å². The normalized spacial score (nSPS) is 11.5. The van der Waals surface area contributed by atoms with Gasteiger partial charge in [0.2, 0.25) is 0 Å². The molecule has 0 saturated carbocycles. The van der Waals surface area contributed by atoms with E-state index in [4.69, 9.17) is 17.3 Å². The molecule has 82 valence electrons. The van der Waals surface area contributed by atoms with E-state index >= 15 is 0 Å². The Labute approximate surface area is 115 Å². The fourth-order valence-electron chi connectivity index (χ4n) is 0.742. The van der Waals surface area contributed by atoms with Crippen LogP contribution in [-0.4, -0.2) is 17.6 Å². The lowest BCUT2D eigenvalue weighted by Gasteiger charge is -1.91. The average molecular weight is 356 g/mol. The van der Waals surface area contributed by atoms with Crippen LogP contribution in [0.4, 0.5) is 0 Å². The maximum Gasteiger partial charge on any atom is 0.180 e. The van der Waals surface area contributed by atoms with Gasteiger partial charge >= 0.3 is 0 Å². The van der Waals surface area contributed by atoms with Crippen molar-refractivity contribution in [3.05, 3.63) is 34.9 Å². The van der Waals surface area contributed by atoms with Gasteiger partial charge in [0.05, 0.1) is 6.21 Å². The monoisotopic (exact) mass is 355 g/mol. The molecule has 15 heavy (non-hydrogen) atoms. The molecule has 0 spiro atoms. The minimum Gasteiger partial charge on any atom is -0.377 e. The molecule has 0 amide bonds. The number of rotatable bonds is 2. The summed E-state index contributed by atoms with van der Waals surface area (Å²) in [6.45, 7) is 0. The largest absolute Gasteiger partial charge is 0.377 e. The van der Waals surface area contributed by atoms with Crippen molar-refractivity contribution in [2.45, 2.75) is 0 Å². The molecule has 0 heterocycles. The quantitative estimate of drug-likeness (QED) is 0.384. The number of nitrogens with two attached hydrogens (primary N) is 1. The smallest absolute Gasteiger partial charge is 0.180 e. The van der Waals surface area contributed by atoms with Gasteiger partial charge in [-0.2, -0.15) is 5.10 Å². The summed E-state index contributed by atoms with van der Waals surface area (Å²) in [5.74, 6) is 0. The molecule has 0 aromatic heterocycles. The Kier molecular flexibility index (Phi) is 7.81. The maximum atomic E-state index is 5.72. The van der Waals surface area contributed by atoms with Gasteiger partial charge < -0.3 is 5.73 Å². The van der Waals surface area contributed by atoms with E-state index in [0.29, 0.717) is 10.2 Å². The molecule has 1 aromatic rings. The van der Waals surface area contributed by atoms with E-state index in [9.17, 15) is 0 Å². The highest BCUT2D eigenvalue weighted by molar-refractivity contribution is 14.0. The number of hydrogen-bond acceptors (Lipinski definition) is 3. The molecule has 0 fully saturated rings. The minimum atomic E-state index is 0. The number of hydrogen-bond donors (Lipinski definition) is 1. The highest BCUT2D eigenvalue weighted by Crippen LogP contribution is 2.07. The van der Waals surface area contributed by atoms with Gasteiger partial charge in [0.25, 0.3) is 0 Å². The zero-order chi connectivity index (χ0) is 10.4. The van der Waals surface area contributed by atoms with Crippen molar-refractivity contribution in [2.75, 3.05) is 6.26 Å². The summed E-state index contributed by atoms with van der Waals surface area (Å²) in [6.07, 6.45) is 3.47. The topological polar surface area (TPSA) is 50.7 Å². The molecule has 1 aromatic carbocycles. The molecule has 0 radical (unpaired) electrons. The minimum absolute atomic E-state index is 0. The summed E-state index contributed by atoms with van der Waals surface area (Å²) in [5, 5.41) is 8.71. The Morgan fingerprint density at radius 1 is 1.40 bits per heavy atom. The third kappa shape index (κ3) is 6.01. The summed E-state index contributed by atoms with van der Waals surface area (Å²) < 4.78 is 0. The van der Waals surface area contributed by atoms with Crippen LogP contribution in [0.15, 0.2) is 34.5 Å². The van der Waals surface area contributed by atoms with Gasteiger partial charge in [-0.05, 0) is 24.0 Å². The molecule has 0 aliphatic carbocycles. The molecule has 0 aliphatic heterocycles. The first-order valence-electron chi connectivity index (χ1n) is 3.88. The zero-order valence-electron chi connectivity index (χ0n) is 8.05. The van der Waals surface area contributed by atoms with Gasteiger partial charge in [-0.1, -0.05) is 35.5 Å². The molecule has 0 bridgehead atoms. The van der Waals surface area contributed by atoms with E-state index in [-0.39, 0.29) is 24.0 Å². The van der Waals surface area contributed by atoms with E-state index in [0.717, 1.165) is 5.56 Å². The second-order valence-corrected chi connectivity index (χ2v) is 3.70. The summed E-state index contributed by atoms with van der Waals surface area (Å²) in [4.78, 5) is 0. The molecule has 0 aliphatic rings. The van der Waals surface area contributed by atoms with Gasteiger partial charge in [-0.3, -0.25) is 0 Å². The first kappa shape index (κ1) is 14.7. The molecule has 2 N–H and O–H groups in total. The number of benzene rings is 1.